The number of carbonyl (C=O) groups is 1. The molecule has 0 aromatic heterocycles. The lowest BCUT2D eigenvalue weighted by Crippen LogP contribution is -2.42. The van der Waals surface area contributed by atoms with Gasteiger partial charge in [-0.15, -0.1) is 0 Å². The van der Waals surface area contributed by atoms with Gasteiger partial charge in [0.1, 0.15) is 10.6 Å². The van der Waals surface area contributed by atoms with Gasteiger partial charge in [-0.3, -0.25) is 0 Å². The maximum absolute atomic E-state index is 13.2. The fourth-order valence-corrected chi connectivity index (χ4v) is 5.61. The van der Waals surface area contributed by atoms with E-state index in [0.717, 1.165) is 25.8 Å². The molecule has 2 heterocycles. The predicted octanol–water partition coefficient (Wildman–Crippen LogP) is 0.997. The van der Waals surface area contributed by atoms with Gasteiger partial charge in [0, 0.05) is 18.6 Å². The summed E-state index contributed by atoms with van der Waals surface area (Å²) in [6.45, 7) is 1.49. The molecule has 2 aliphatic rings. The Labute approximate surface area is 142 Å². The minimum Gasteiger partial charge on any atom is -0.495 e. The van der Waals surface area contributed by atoms with Gasteiger partial charge in [0.25, 0.3) is 0 Å². The van der Waals surface area contributed by atoms with Crippen LogP contribution in [0.4, 0.5) is 0 Å². The quantitative estimate of drug-likeness (QED) is 0.812. The van der Waals surface area contributed by atoms with E-state index in [0.29, 0.717) is 6.54 Å². The van der Waals surface area contributed by atoms with E-state index in [9.17, 15) is 13.2 Å². The van der Waals surface area contributed by atoms with Crippen LogP contribution in [0, 0.1) is 0 Å². The van der Waals surface area contributed by atoms with Crippen molar-refractivity contribution in [2.24, 2.45) is 0 Å². The molecule has 7 nitrogen and oxygen atoms in total. The Hall–Kier alpha value is -1.64. The Bertz CT molecular complexity index is 720. The van der Waals surface area contributed by atoms with Crippen LogP contribution in [0.3, 0.4) is 0 Å². The largest absolute Gasteiger partial charge is 0.495 e. The second kappa shape index (κ2) is 6.70. The van der Waals surface area contributed by atoms with E-state index in [1.165, 1.54) is 32.4 Å². The number of carbonyl (C=O) groups excluding carboxylic acids is 1. The zero-order valence-corrected chi connectivity index (χ0v) is 14.6. The zero-order chi connectivity index (χ0) is 17.3. The number of hydrogen-bond acceptors (Lipinski definition) is 6. The Balaban J connectivity index is 2.02. The van der Waals surface area contributed by atoms with Crippen LogP contribution < -0.4 is 10.1 Å². The molecular formula is C16H22N2O5S. The minimum absolute atomic E-state index is 0.0139. The van der Waals surface area contributed by atoms with Crippen LogP contribution in [0.5, 0.6) is 5.75 Å². The van der Waals surface area contributed by atoms with Gasteiger partial charge in [-0.05, 0) is 44.0 Å². The van der Waals surface area contributed by atoms with Crippen molar-refractivity contribution >= 4 is 16.0 Å². The number of ether oxygens (including phenoxy) is 2. The van der Waals surface area contributed by atoms with Gasteiger partial charge < -0.3 is 14.8 Å². The average Bonchev–Trinajstić information content (AvgIpc) is 2.87. The van der Waals surface area contributed by atoms with Crippen LogP contribution in [-0.2, 0) is 14.8 Å². The molecule has 0 radical (unpaired) electrons. The van der Waals surface area contributed by atoms with Crippen LogP contribution in [0.1, 0.15) is 29.6 Å². The Kier molecular flexibility index (Phi) is 4.80. The highest BCUT2D eigenvalue weighted by molar-refractivity contribution is 7.89. The summed E-state index contributed by atoms with van der Waals surface area (Å²) in [5.74, 6) is -0.370. The van der Waals surface area contributed by atoms with Crippen molar-refractivity contribution in [1.82, 2.24) is 9.62 Å². The average molecular weight is 354 g/mol. The summed E-state index contributed by atoms with van der Waals surface area (Å²) in [4.78, 5) is 11.8. The first-order valence-electron chi connectivity index (χ1n) is 7.99. The number of rotatable bonds is 4. The number of hydrogen-bond donors (Lipinski definition) is 1. The molecule has 24 heavy (non-hydrogen) atoms. The van der Waals surface area contributed by atoms with Crippen molar-refractivity contribution < 1.29 is 22.7 Å². The molecule has 0 saturated carbocycles. The van der Waals surface area contributed by atoms with Crippen LogP contribution >= 0.6 is 0 Å². The van der Waals surface area contributed by atoms with E-state index >= 15 is 0 Å². The van der Waals surface area contributed by atoms with Gasteiger partial charge in [-0.25, -0.2) is 13.2 Å². The van der Waals surface area contributed by atoms with Crippen LogP contribution in [0.25, 0.3) is 0 Å². The van der Waals surface area contributed by atoms with E-state index in [-0.39, 0.29) is 28.3 Å². The van der Waals surface area contributed by atoms with Gasteiger partial charge in [-0.1, -0.05) is 0 Å². The van der Waals surface area contributed by atoms with E-state index in [2.05, 4.69) is 10.1 Å². The standard InChI is InChI=1S/C16H22N2O5S/c1-22-14-9-11(16(19)23-2)3-6-15(14)24(20,21)18-12-4-5-13(18)10-17-8-7-12/h3,6,9,12-13,17H,4-5,7-8,10H2,1-2H3. The Morgan fingerprint density at radius 2 is 1.96 bits per heavy atom. The summed E-state index contributed by atoms with van der Waals surface area (Å²) in [5, 5.41) is 3.29. The predicted molar refractivity (Wildman–Crippen MR) is 87.7 cm³/mol. The molecule has 132 valence electrons. The number of nitrogens with one attached hydrogen (secondary N) is 1. The third kappa shape index (κ3) is 2.89. The molecule has 2 saturated heterocycles. The lowest BCUT2D eigenvalue weighted by atomic mass is 10.1. The summed E-state index contributed by atoms with van der Waals surface area (Å²) < 4.78 is 38.0. The number of sulfonamides is 1. The summed E-state index contributed by atoms with van der Waals surface area (Å²) in [5.41, 5.74) is 0.258. The van der Waals surface area contributed by atoms with Crippen molar-refractivity contribution in [3.8, 4) is 5.75 Å². The lowest BCUT2D eigenvalue weighted by Gasteiger charge is -2.27. The molecule has 2 bridgehead atoms. The molecule has 1 aromatic rings. The summed E-state index contributed by atoms with van der Waals surface area (Å²) in [6.07, 6.45) is 2.55. The molecule has 2 unspecified atom stereocenters. The summed E-state index contributed by atoms with van der Waals surface area (Å²) >= 11 is 0. The third-order valence-corrected chi connectivity index (χ3v) is 6.77. The second-order valence-corrected chi connectivity index (χ2v) is 7.88. The molecular weight excluding hydrogens is 332 g/mol. The van der Waals surface area contributed by atoms with Gasteiger partial charge in [0.15, 0.2) is 0 Å². The highest BCUT2D eigenvalue weighted by atomic mass is 32.2. The van der Waals surface area contributed by atoms with E-state index in [1.807, 2.05) is 0 Å². The first kappa shape index (κ1) is 17.2. The molecule has 2 atom stereocenters. The van der Waals surface area contributed by atoms with Gasteiger partial charge in [0.05, 0.1) is 19.8 Å². The minimum atomic E-state index is -3.70. The maximum Gasteiger partial charge on any atom is 0.337 e. The summed E-state index contributed by atoms with van der Waals surface area (Å²) in [7, 11) is -1.02. The van der Waals surface area contributed by atoms with Crippen molar-refractivity contribution in [3.63, 3.8) is 0 Å². The molecule has 0 spiro atoms. The monoisotopic (exact) mass is 354 g/mol. The molecule has 8 heteroatoms. The van der Waals surface area contributed by atoms with Gasteiger partial charge in [0.2, 0.25) is 10.0 Å². The molecule has 0 aliphatic carbocycles. The smallest absolute Gasteiger partial charge is 0.337 e. The fourth-order valence-electron chi connectivity index (χ4n) is 3.57. The Morgan fingerprint density at radius 3 is 2.67 bits per heavy atom. The molecule has 2 aliphatic heterocycles. The first-order chi connectivity index (χ1) is 11.5. The van der Waals surface area contributed by atoms with E-state index < -0.39 is 16.0 Å². The van der Waals surface area contributed by atoms with E-state index in [1.54, 1.807) is 4.31 Å². The van der Waals surface area contributed by atoms with Gasteiger partial charge >= 0.3 is 5.97 Å². The SMILES string of the molecule is COC(=O)c1ccc(S(=O)(=O)N2C3CCNCC2CC3)c(OC)c1. The van der Waals surface area contributed by atoms with E-state index in [4.69, 9.17) is 4.74 Å². The normalized spacial score (nSPS) is 24.4. The zero-order valence-electron chi connectivity index (χ0n) is 13.8. The first-order valence-corrected chi connectivity index (χ1v) is 9.43. The van der Waals surface area contributed by atoms with Crippen molar-refractivity contribution in [2.45, 2.75) is 36.2 Å². The van der Waals surface area contributed by atoms with Gasteiger partial charge in [-0.2, -0.15) is 4.31 Å². The van der Waals surface area contributed by atoms with Crippen LogP contribution in [-0.4, -0.2) is 58.1 Å². The fraction of sp³-hybridized carbons (Fsp3) is 0.562. The van der Waals surface area contributed by atoms with Crippen LogP contribution in [0.2, 0.25) is 0 Å². The lowest BCUT2D eigenvalue weighted by molar-refractivity contribution is 0.0600. The molecule has 3 rings (SSSR count). The summed E-state index contributed by atoms with van der Waals surface area (Å²) in [6, 6.07) is 4.28. The third-order valence-electron chi connectivity index (χ3n) is 4.73. The highest BCUT2D eigenvalue weighted by Gasteiger charge is 2.44. The molecule has 1 aromatic carbocycles. The molecule has 2 fully saturated rings. The second-order valence-electron chi connectivity index (χ2n) is 6.07. The topological polar surface area (TPSA) is 84.9 Å². The maximum atomic E-state index is 13.2. The molecule has 1 N–H and O–H groups in total. The highest BCUT2D eigenvalue weighted by Crippen LogP contribution is 2.37. The molecule has 0 amide bonds. The van der Waals surface area contributed by atoms with Crippen LogP contribution in [0.15, 0.2) is 23.1 Å². The number of fused-ring (bicyclic) bond motifs is 2. The Morgan fingerprint density at radius 1 is 1.21 bits per heavy atom. The van der Waals surface area contributed by atoms with Crippen molar-refractivity contribution in [3.05, 3.63) is 23.8 Å². The number of nitrogens with zero attached hydrogens (tertiary/aromatic N) is 1. The number of methoxy groups -OCH3 is 2. The van der Waals surface area contributed by atoms with Crippen molar-refractivity contribution in [1.29, 1.82) is 0 Å². The van der Waals surface area contributed by atoms with Crippen molar-refractivity contribution in [2.75, 3.05) is 27.3 Å². The number of esters is 1. The number of benzene rings is 1.